The molecule has 0 aliphatic rings. The fraction of sp³-hybridized carbons (Fsp3) is 0.333. The highest BCUT2D eigenvalue weighted by Gasteiger charge is 1.90. The smallest absolute Gasteiger partial charge is 0.0423 e. The van der Waals surface area contributed by atoms with E-state index in [1.807, 2.05) is 32.9 Å². The molecule has 0 saturated heterocycles. The summed E-state index contributed by atoms with van der Waals surface area (Å²) in [6.45, 7) is 5.96. The van der Waals surface area contributed by atoms with Gasteiger partial charge in [-0.25, -0.2) is 0 Å². The van der Waals surface area contributed by atoms with Crippen molar-refractivity contribution < 1.29 is 0 Å². The van der Waals surface area contributed by atoms with Crippen LogP contribution in [0.5, 0.6) is 0 Å². The van der Waals surface area contributed by atoms with Crippen molar-refractivity contribution >= 4 is 47.2 Å². The topological polar surface area (TPSA) is 0 Å². The van der Waals surface area contributed by atoms with Gasteiger partial charge in [0.15, 0.2) is 0 Å². The van der Waals surface area contributed by atoms with Gasteiger partial charge in [0.25, 0.3) is 0 Å². The molecule has 0 aliphatic carbocycles. The van der Waals surface area contributed by atoms with Crippen molar-refractivity contribution in [3.05, 3.63) is 33.8 Å². The highest BCUT2D eigenvalue weighted by molar-refractivity contribution is 14.0. The Kier molecular flexibility index (Phi) is 10.2. The Morgan fingerprint density at radius 1 is 0.917 bits per heavy atom. The molecule has 0 aromatic heterocycles. The summed E-state index contributed by atoms with van der Waals surface area (Å²) in [5.74, 6) is 0. The molecule has 1 aromatic rings. The molecule has 70 valence electrons. The lowest BCUT2D eigenvalue weighted by Crippen LogP contribution is -1.70. The van der Waals surface area contributed by atoms with Crippen LogP contribution in [-0.2, 0) is 0 Å². The lowest BCUT2D eigenvalue weighted by molar-refractivity contribution is 1.47. The maximum absolute atomic E-state index is 5.67. The van der Waals surface area contributed by atoms with Crippen molar-refractivity contribution in [1.82, 2.24) is 0 Å². The molecule has 0 spiro atoms. The summed E-state index contributed by atoms with van der Waals surface area (Å²) in [5.41, 5.74) is 1.09. The van der Waals surface area contributed by atoms with E-state index in [1.165, 1.54) is 0 Å². The van der Waals surface area contributed by atoms with Crippen LogP contribution in [-0.4, -0.2) is 0 Å². The standard InChI is InChI=1S/C7H6Cl2.C2H6.HI/c1-5-2-6(8)4-7(9)3-5;1-2;/h2-4H,1H3;1-2H3;1H. The number of hydrogen-bond acceptors (Lipinski definition) is 0. The summed E-state index contributed by atoms with van der Waals surface area (Å²) in [6, 6.07) is 5.46. The molecule has 0 fully saturated rings. The molecule has 0 bridgehead atoms. The second-order valence-electron chi connectivity index (χ2n) is 1.95. The van der Waals surface area contributed by atoms with Gasteiger partial charge in [-0.1, -0.05) is 37.0 Å². The largest absolute Gasteiger partial charge is 0.107 e. The Morgan fingerprint density at radius 2 is 1.25 bits per heavy atom. The molecule has 0 amide bonds. The van der Waals surface area contributed by atoms with Gasteiger partial charge >= 0.3 is 0 Å². The molecule has 0 heterocycles. The van der Waals surface area contributed by atoms with Crippen LogP contribution in [0.1, 0.15) is 19.4 Å². The fourth-order valence-electron chi connectivity index (χ4n) is 0.692. The second kappa shape index (κ2) is 8.14. The van der Waals surface area contributed by atoms with Crippen LogP contribution in [0.2, 0.25) is 10.0 Å². The van der Waals surface area contributed by atoms with Gasteiger partial charge in [-0.05, 0) is 30.7 Å². The van der Waals surface area contributed by atoms with Crippen LogP contribution in [0.4, 0.5) is 0 Å². The van der Waals surface area contributed by atoms with Gasteiger partial charge in [0.1, 0.15) is 0 Å². The van der Waals surface area contributed by atoms with E-state index in [-0.39, 0.29) is 24.0 Å². The fourth-order valence-corrected chi connectivity index (χ4v) is 1.33. The first-order chi connectivity index (χ1) is 5.18. The molecule has 0 N–H and O–H groups in total. The molecule has 1 rings (SSSR count). The summed E-state index contributed by atoms with van der Waals surface area (Å²) in [5, 5.41) is 1.39. The van der Waals surface area contributed by atoms with E-state index >= 15 is 0 Å². The molecule has 0 aliphatic heterocycles. The maximum atomic E-state index is 5.67. The Hall–Kier alpha value is 0.530. The maximum Gasteiger partial charge on any atom is 0.0423 e. The average Bonchev–Trinajstić information content (AvgIpc) is 1.88. The van der Waals surface area contributed by atoms with Gasteiger partial charge in [0.05, 0.1) is 0 Å². The zero-order chi connectivity index (χ0) is 8.85. The molecule has 0 radical (unpaired) electrons. The Bertz CT molecular complexity index is 173. The predicted octanol–water partition coefficient (Wildman–Crippen LogP) is 4.95. The van der Waals surface area contributed by atoms with Gasteiger partial charge < -0.3 is 0 Å². The van der Waals surface area contributed by atoms with E-state index in [0.717, 1.165) is 5.56 Å². The monoisotopic (exact) mass is 318 g/mol. The van der Waals surface area contributed by atoms with Crippen molar-refractivity contribution in [3.63, 3.8) is 0 Å². The number of halogens is 3. The number of aryl methyl sites for hydroxylation is 1. The second-order valence-corrected chi connectivity index (χ2v) is 2.82. The normalized spacial score (nSPS) is 7.75. The lowest BCUT2D eigenvalue weighted by atomic mass is 10.2. The van der Waals surface area contributed by atoms with E-state index in [9.17, 15) is 0 Å². The summed E-state index contributed by atoms with van der Waals surface area (Å²) in [4.78, 5) is 0. The first-order valence-electron chi connectivity index (χ1n) is 3.61. The minimum absolute atomic E-state index is 0. The van der Waals surface area contributed by atoms with Crippen LogP contribution >= 0.6 is 47.2 Å². The number of benzene rings is 1. The first-order valence-corrected chi connectivity index (χ1v) is 4.37. The van der Waals surface area contributed by atoms with Crippen molar-refractivity contribution in [2.75, 3.05) is 0 Å². The molecule has 3 heteroatoms. The van der Waals surface area contributed by atoms with Crippen LogP contribution in [0.25, 0.3) is 0 Å². The summed E-state index contributed by atoms with van der Waals surface area (Å²) >= 11 is 11.3. The molecule has 0 nitrogen and oxygen atoms in total. The minimum Gasteiger partial charge on any atom is -0.107 e. The minimum atomic E-state index is 0. The lowest BCUT2D eigenvalue weighted by Gasteiger charge is -1.93. The van der Waals surface area contributed by atoms with E-state index < -0.39 is 0 Å². The van der Waals surface area contributed by atoms with Crippen molar-refractivity contribution in [2.24, 2.45) is 0 Å². The molecule has 1 aromatic carbocycles. The van der Waals surface area contributed by atoms with Gasteiger partial charge in [-0.15, -0.1) is 24.0 Å². The zero-order valence-electron chi connectivity index (χ0n) is 7.40. The molecule has 0 unspecified atom stereocenters. The van der Waals surface area contributed by atoms with E-state index in [0.29, 0.717) is 10.0 Å². The van der Waals surface area contributed by atoms with Gasteiger partial charge in [0.2, 0.25) is 0 Å². The van der Waals surface area contributed by atoms with Crippen LogP contribution in [0, 0.1) is 6.92 Å². The molecule has 0 saturated carbocycles. The number of rotatable bonds is 0. The predicted molar refractivity (Wildman–Crippen MR) is 68.0 cm³/mol. The van der Waals surface area contributed by atoms with Crippen molar-refractivity contribution in [1.29, 1.82) is 0 Å². The van der Waals surface area contributed by atoms with Gasteiger partial charge in [0, 0.05) is 10.0 Å². The summed E-state index contributed by atoms with van der Waals surface area (Å²) < 4.78 is 0. The quantitative estimate of drug-likeness (QED) is 0.594. The first kappa shape index (κ1) is 15.0. The molecular formula is C9H13Cl2I. The Morgan fingerprint density at radius 3 is 1.50 bits per heavy atom. The van der Waals surface area contributed by atoms with E-state index in [4.69, 9.17) is 23.2 Å². The average molecular weight is 319 g/mol. The number of hydrogen-bond donors (Lipinski definition) is 0. The Balaban J connectivity index is 0. The third-order valence-corrected chi connectivity index (χ3v) is 1.44. The molecule has 12 heavy (non-hydrogen) atoms. The van der Waals surface area contributed by atoms with Gasteiger partial charge in [-0.3, -0.25) is 0 Å². The molecule has 0 atom stereocenters. The van der Waals surface area contributed by atoms with E-state index in [1.54, 1.807) is 6.07 Å². The third-order valence-electron chi connectivity index (χ3n) is 1.01. The third kappa shape index (κ3) is 6.09. The SMILES string of the molecule is CC.Cc1cc(Cl)cc(Cl)c1.I. The zero-order valence-corrected chi connectivity index (χ0v) is 11.2. The van der Waals surface area contributed by atoms with Crippen molar-refractivity contribution in [2.45, 2.75) is 20.8 Å². The highest BCUT2D eigenvalue weighted by atomic mass is 127. The van der Waals surface area contributed by atoms with Crippen LogP contribution in [0.3, 0.4) is 0 Å². The van der Waals surface area contributed by atoms with E-state index in [2.05, 4.69) is 0 Å². The van der Waals surface area contributed by atoms with Crippen molar-refractivity contribution in [3.8, 4) is 0 Å². The Labute approximate surface area is 101 Å². The van der Waals surface area contributed by atoms with Gasteiger partial charge in [-0.2, -0.15) is 0 Å². The molecular weight excluding hydrogens is 306 g/mol. The summed E-state index contributed by atoms with van der Waals surface area (Å²) in [6.07, 6.45) is 0. The summed E-state index contributed by atoms with van der Waals surface area (Å²) in [7, 11) is 0. The van der Waals surface area contributed by atoms with Crippen LogP contribution in [0.15, 0.2) is 18.2 Å². The van der Waals surface area contributed by atoms with Crippen LogP contribution < -0.4 is 0 Å². The highest BCUT2D eigenvalue weighted by Crippen LogP contribution is 2.17.